The average Bonchev–Trinajstić information content (AvgIpc) is 2.55. The van der Waals surface area contributed by atoms with Crippen LogP contribution in [0.2, 0.25) is 0 Å². The van der Waals surface area contributed by atoms with Crippen LogP contribution in [0.1, 0.15) is 18.9 Å². The second kappa shape index (κ2) is 8.97. The zero-order chi connectivity index (χ0) is 14.8. The molecule has 0 atom stereocenters. The van der Waals surface area contributed by atoms with Gasteiger partial charge in [0, 0.05) is 12.7 Å². The van der Waals surface area contributed by atoms with Crippen LogP contribution in [-0.2, 0) is 11.3 Å². The van der Waals surface area contributed by atoms with Gasteiger partial charge in [-0.1, -0.05) is 31.2 Å². The number of ether oxygens (including phenoxy) is 2. The maximum atomic E-state index is 5.58. The molecule has 0 amide bonds. The van der Waals surface area contributed by atoms with Crippen molar-refractivity contribution in [2.75, 3.05) is 25.1 Å². The van der Waals surface area contributed by atoms with Gasteiger partial charge in [-0.05, 0) is 30.2 Å². The minimum Gasteiger partial charge on any atom is -0.491 e. The molecular formula is C17H22N2O2. The third kappa shape index (κ3) is 5.83. The van der Waals surface area contributed by atoms with E-state index in [4.69, 9.17) is 9.47 Å². The Labute approximate surface area is 126 Å². The third-order valence-corrected chi connectivity index (χ3v) is 2.89. The standard InChI is InChI=1S/C17H22N2O2/c1-2-10-18-17-9-8-15(13-19-17)14-20-11-12-21-16-6-4-3-5-7-16/h3-9,13H,2,10-12,14H2,1H3,(H,18,19). The van der Waals surface area contributed by atoms with Crippen molar-refractivity contribution in [3.8, 4) is 5.75 Å². The summed E-state index contributed by atoms with van der Waals surface area (Å²) in [5, 5.41) is 3.24. The quantitative estimate of drug-likeness (QED) is 0.717. The number of anilines is 1. The maximum absolute atomic E-state index is 5.58. The molecule has 1 aromatic carbocycles. The minimum absolute atomic E-state index is 0.549. The van der Waals surface area contributed by atoms with Crippen LogP contribution < -0.4 is 10.1 Å². The SMILES string of the molecule is CCCNc1ccc(COCCOc2ccccc2)cn1. The summed E-state index contributed by atoms with van der Waals surface area (Å²) in [5.74, 6) is 1.78. The Morgan fingerprint density at radius 3 is 2.62 bits per heavy atom. The van der Waals surface area contributed by atoms with Gasteiger partial charge in [-0.15, -0.1) is 0 Å². The Morgan fingerprint density at radius 2 is 1.90 bits per heavy atom. The molecule has 2 aromatic rings. The smallest absolute Gasteiger partial charge is 0.125 e. The van der Waals surface area contributed by atoms with Gasteiger partial charge in [-0.25, -0.2) is 4.98 Å². The van der Waals surface area contributed by atoms with E-state index in [0.29, 0.717) is 19.8 Å². The Hall–Kier alpha value is -2.07. The lowest BCUT2D eigenvalue weighted by molar-refractivity contribution is 0.0888. The van der Waals surface area contributed by atoms with Crippen molar-refractivity contribution in [1.82, 2.24) is 4.98 Å². The molecule has 0 bridgehead atoms. The molecule has 1 aromatic heterocycles. The Balaban J connectivity index is 1.62. The number of rotatable bonds is 9. The fourth-order valence-electron chi connectivity index (χ4n) is 1.79. The molecule has 1 N–H and O–H groups in total. The van der Waals surface area contributed by atoms with Gasteiger partial charge in [-0.2, -0.15) is 0 Å². The second-order valence-corrected chi connectivity index (χ2v) is 4.69. The predicted octanol–water partition coefficient (Wildman–Crippen LogP) is 3.50. The molecular weight excluding hydrogens is 264 g/mol. The summed E-state index contributed by atoms with van der Waals surface area (Å²) >= 11 is 0. The minimum atomic E-state index is 0.549. The van der Waals surface area contributed by atoms with Gasteiger partial charge in [0.15, 0.2) is 0 Å². The van der Waals surface area contributed by atoms with E-state index in [-0.39, 0.29) is 0 Å². The third-order valence-electron chi connectivity index (χ3n) is 2.89. The maximum Gasteiger partial charge on any atom is 0.125 e. The number of nitrogens with zero attached hydrogens (tertiary/aromatic N) is 1. The van der Waals surface area contributed by atoms with Crippen LogP contribution in [-0.4, -0.2) is 24.7 Å². The summed E-state index contributed by atoms with van der Waals surface area (Å²) in [4.78, 5) is 4.34. The number of hydrogen-bond acceptors (Lipinski definition) is 4. The molecule has 0 spiro atoms. The molecule has 4 heteroatoms. The fraction of sp³-hybridized carbons (Fsp3) is 0.353. The van der Waals surface area contributed by atoms with Crippen LogP contribution in [0.15, 0.2) is 48.7 Å². The van der Waals surface area contributed by atoms with E-state index < -0.39 is 0 Å². The molecule has 0 saturated heterocycles. The molecule has 0 aliphatic rings. The first kappa shape index (κ1) is 15.3. The number of benzene rings is 1. The monoisotopic (exact) mass is 286 g/mol. The van der Waals surface area contributed by atoms with E-state index in [1.807, 2.05) is 48.7 Å². The summed E-state index contributed by atoms with van der Waals surface area (Å²) in [5.41, 5.74) is 1.07. The van der Waals surface area contributed by atoms with Gasteiger partial charge in [0.1, 0.15) is 18.2 Å². The zero-order valence-corrected chi connectivity index (χ0v) is 12.4. The van der Waals surface area contributed by atoms with Crippen molar-refractivity contribution in [2.24, 2.45) is 0 Å². The van der Waals surface area contributed by atoms with Gasteiger partial charge < -0.3 is 14.8 Å². The van der Waals surface area contributed by atoms with Crippen molar-refractivity contribution in [1.29, 1.82) is 0 Å². The molecule has 21 heavy (non-hydrogen) atoms. The molecule has 0 unspecified atom stereocenters. The highest BCUT2D eigenvalue weighted by molar-refractivity contribution is 5.35. The van der Waals surface area contributed by atoms with Crippen LogP contribution in [0.5, 0.6) is 5.75 Å². The summed E-state index contributed by atoms with van der Waals surface area (Å²) in [6.07, 6.45) is 2.93. The lowest BCUT2D eigenvalue weighted by Gasteiger charge is -2.08. The second-order valence-electron chi connectivity index (χ2n) is 4.69. The van der Waals surface area contributed by atoms with Crippen LogP contribution in [0.4, 0.5) is 5.82 Å². The number of hydrogen-bond donors (Lipinski definition) is 1. The number of para-hydroxylation sites is 1. The zero-order valence-electron chi connectivity index (χ0n) is 12.4. The summed E-state index contributed by atoms with van der Waals surface area (Å²) in [6, 6.07) is 13.8. The van der Waals surface area contributed by atoms with Crippen molar-refractivity contribution in [3.05, 3.63) is 54.2 Å². The normalized spacial score (nSPS) is 10.3. The molecule has 112 valence electrons. The molecule has 0 saturated carbocycles. The summed E-state index contributed by atoms with van der Waals surface area (Å²) < 4.78 is 11.1. The first-order valence-electron chi connectivity index (χ1n) is 7.33. The first-order chi connectivity index (χ1) is 10.4. The van der Waals surface area contributed by atoms with Crippen molar-refractivity contribution >= 4 is 5.82 Å². The molecule has 0 radical (unpaired) electrons. The highest BCUT2D eigenvalue weighted by Gasteiger charge is 1.97. The van der Waals surface area contributed by atoms with Crippen molar-refractivity contribution < 1.29 is 9.47 Å². The lowest BCUT2D eigenvalue weighted by Crippen LogP contribution is -2.07. The molecule has 4 nitrogen and oxygen atoms in total. The van der Waals surface area contributed by atoms with E-state index in [0.717, 1.165) is 30.1 Å². The van der Waals surface area contributed by atoms with E-state index in [1.54, 1.807) is 0 Å². The van der Waals surface area contributed by atoms with Crippen molar-refractivity contribution in [3.63, 3.8) is 0 Å². The molecule has 0 aliphatic carbocycles. The molecule has 2 rings (SSSR count). The Kier molecular flexibility index (Phi) is 6.55. The summed E-state index contributed by atoms with van der Waals surface area (Å²) in [7, 11) is 0. The first-order valence-corrected chi connectivity index (χ1v) is 7.33. The van der Waals surface area contributed by atoms with Crippen LogP contribution in [0.3, 0.4) is 0 Å². The van der Waals surface area contributed by atoms with E-state index in [9.17, 15) is 0 Å². The van der Waals surface area contributed by atoms with Gasteiger partial charge in [0.05, 0.1) is 13.2 Å². The number of nitrogens with one attached hydrogen (secondary N) is 1. The summed E-state index contributed by atoms with van der Waals surface area (Å²) in [6.45, 7) is 4.74. The van der Waals surface area contributed by atoms with Gasteiger partial charge in [0.25, 0.3) is 0 Å². The topological polar surface area (TPSA) is 43.4 Å². The fourth-order valence-corrected chi connectivity index (χ4v) is 1.79. The van der Waals surface area contributed by atoms with E-state index in [2.05, 4.69) is 17.2 Å². The van der Waals surface area contributed by atoms with Crippen LogP contribution in [0.25, 0.3) is 0 Å². The molecule has 1 heterocycles. The number of aromatic nitrogens is 1. The van der Waals surface area contributed by atoms with E-state index >= 15 is 0 Å². The Bertz CT molecular complexity index is 500. The highest BCUT2D eigenvalue weighted by Crippen LogP contribution is 2.08. The predicted molar refractivity (Wildman–Crippen MR) is 84.6 cm³/mol. The van der Waals surface area contributed by atoms with Gasteiger partial charge >= 0.3 is 0 Å². The largest absolute Gasteiger partial charge is 0.491 e. The van der Waals surface area contributed by atoms with Gasteiger partial charge in [0.2, 0.25) is 0 Å². The van der Waals surface area contributed by atoms with Crippen LogP contribution >= 0.6 is 0 Å². The van der Waals surface area contributed by atoms with Crippen molar-refractivity contribution in [2.45, 2.75) is 20.0 Å². The van der Waals surface area contributed by atoms with E-state index in [1.165, 1.54) is 0 Å². The molecule has 0 aliphatic heterocycles. The lowest BCUT2D eigenvalue weighted by atomic mass is 10.3. The molecule has 0 fully saturated rings. The van der Waals surface area contributed by atoms with Gasteiger partial charge in [-0.3, -0.25) is 0 Å². The number of pyridine rings is 1. The van der Waals surface area contributed by atoms with Crippen LogP contribution in [0, 0.1) is 0 Å². The Morgan fingerprint density at radius 1 is 1.05 bits per heavy atom. The highest BCUT2D eigenvalue weighted by atomic mass is 16.5. The average molecular weight is 286 g/mol.